The van der Waals surface area contributed by atoms with Crippen LogP contribution in [0.2, 0.25) is 5.02 Å². The number of nitrogens with zero attached hydrogens (tertiary/aromatic N) is 2. The van der Waals surface area contributed by atoms with Gasteiger partial charge in [-0.15, -0.1) is 0 Å². The Labute approximate surface area is 192 Å². The molecule has 2 aromatic rings. The summed E-state index contributed by atoms with van der Waals surface area (Å²) in [7, 11) is 0. The predicted octanol–water partition coefficient (Wildman–Crippen LogP) is 3.12. The molecule has 9 heteroatoms. The highest BCUT2D eigenvalue weighted by Gasteiger charge is 2.22. The van der Waals surface area contributed by atoms with Crippen molar-refractivity contribution >= 4 is 23.2 Å². The second-order valence-corrected chi connectivity index (χ2v) is 8.65. The molecule has 0 saturated carbocycles. The lowest BCUT2D eigenvalue weighted by atomic mass is 9.99. The van der Waals surface area contributed by atoms with E-state index < -0.39 is 5.82 Å². The SMILES string of the molecule is O=C(Cc1cc(-c2nc(NCC3CCOCC3)ccc2F)c(Cl)cn1)[C@H]1CNCCOC1. The minimum atomic E-state index is -0.478. The van der Waals surface area contributed by atoms with Crippen LogP contribution < -0.4 is 10.6 Å². The Balaban J connectivity index is 1.49. The maximum atomic E-state index is 14.7. The fraction of sp³-hybridized carbons (Fsp3) is 0.522. The van der Waals surface area contributed by atoms with Gasteiger partial charge in [0.25, 0.3) is 0 Å². The van der Waals surface area contributed by atoms with Gasteiger partial charge in [0.2, 0.25) is 0 Å². The van der Waals surface area contributed by atoms with E-state index in [0.717, 1.165) is 39.1 Å². The molecular formula is C23H28ClFN4O3. The maximum absolute atomic E-state index is 14.7. The molecule has 2 aliphatic heterocycles. The number of Topliss-reactive ketones (excluding diaryl/α,β-unsaturated/α-hetero) is 1. The number of halogens is 2. The zero-order valence-electron chi connectivity index (χ0n) is 17.9. The average molecular weight is 463 g/mol. The van der Waals surface area contributed by atoms with Crippen molar-refractivity contribution in [1.29, 1.82) is 0 Å². The normalized spacial score (nSPS) is 20.0. The summed E-state index contributed by atoms with van der Waals surface area (Å²) in [5, 5.41) is 6.78. The summed E-state index contributed by atoms with van der Waals surface area (Å²) in [4.78, 5) is 21.5. The highest BCUT2D eigenvalue weighted by molar-refractivity contribution is 6.33. The minimum absolute atomic E-state index is 0.0282. The predicted molar refractivity (Wildman–Crippen MR) is 120 cm³/mol. The molecule has 4 rings (SSSR count). The minimum Gasteiger partial charge on any atom is -0.381 e. The smallest absolute Gasteiger partial charge is 0.149 e. The largest absolute Gasteiger partial charge is 0.381 e. The third-order valence-corrected chi connectivity index (χ3v) is 6.17. The third kappa shape index (κ3) is 6.01. The van der Waals surface area contributed by atoms with Gasteiger partial charge >= 0.3 is 0 Å². The lowest BCUT2D eigenvalue weighted by molar-refractivity contribution is -0.123. The van der Waals surface area contributed by atoms with Gasteiger partial charge in [-0.2, -0.15) is 0 Å². The molecule has 4 heterocycles. The molecular weight excluding hydrogens is 435 g/mol. The molecule has 2 aliphatic rings. The Morgan fingerprint density at radius 3 is 2.94 bits per heavy atom. The Morgan fingerprint density at radius 1 is 1.25 bits per heavy atom. The molecule has 0 unspecified atom stereocenters. The van der Waals surface area contributed by atoms with Crippen molar-refractivity contribution in [2.24, 2.45) is 11.8 Å². The molecule has 7 nitrogen and oxygen atoms in total. The van der Waals surface area contributed by atoms with Crippen LogP contribution in [0.15, 0.2) is 24.4 Å². The molecule has 0 radical (unpaired) electrons. The molecule has 2 fully saturated rings. The van der Waals surface area contributed by atoms with Crippen molar-refractivity contribution in [3.8, 4) is 11.3 Å². The number of ether oxygens (including phenoxy) is 2. The second-order valence-electron chi connectivity index (χ2n) is 8.24. The van der Waals surface area contributed by atoms with Crippen molar-refractivity contribution in [2.45, 2.75) is 19.3 Å². The number of ketones is 1. The van der Waals surface area contributed by atoms with Crippen LogP contribution in [0.3, 0.4) is 0 Å². The van der Waals surface area contributed by atoms with Crippen LogP contribution in [0.5, 0.6) is 0 Å². The maximum Gasteiger partial charge on any atom is 0.149 e. The van der Waals surface area contributed by atoms with Crippen LogP contribution in [0.1, 0.15) is 18.5 Å². The number of nitrogens with one attached hydrogen (secondary N) is 2. The number of hydrogen-bond acceptors (Lipinski definition) is 7. The van der Waals surface area contributed by atoms with E-state index >= 15 is 0 Å². The van der Waals surface area contributed by atoms with Crippen molar-refractivity contribution in [3.05, 3.63) is 40.9 Å². The van der Waals surface area contributed by atoms with Crippen LogP contribution in [-0.2, 0) is 20.7 Å². The summed E-state index contributed by atoms with van der Waals surface area (Å²) >= 11 is 6.34. The van der Waals surface area contributed by atoms with Crippen LogP contribution in [-0.4, -0.2) is 61.8 Å². The van der Waals surface area contributed by atoms with Crippen molar-refractivity contribution in [3.63, 3.8) is 0 Å². The van der Waals surface area contributed by atoms with Gasteiger partial charge in [-0.3, -0.25) is 9.78 Å². The summed E-state index contributed by atoms with van der Waals surface area (Å²) in [6.45, 7) is 4.59. The number of pyridine rings is 2. The Kier molecular flexibility index (Phi) is 8.02. The summed E-state index contributed by atoms with van der Waals surface area (Å²) in [5.74, 6) is 0.406. The van der Waals surface area contributed by atoms with Gasteiger partial charge in [-0.25, -0.2) is 9.37 Å². The van der Waals surface area contributed by atoms with E-state index in [2.05, 4.69) is 20.6 Å². The summed E-state index contributed by atoms with van der Waals surface area (Å²) in [5.41, 5.74) is 1.09. The average Bonchev–Trinajstić information content (AvgIpc) is 3.10. The molecule has 172 valence electrons. The first-order valence-electron chi connectivity index (χ1n) is 11.0. The number of anilines is 1. The lowest BCUT2D eigenvalue weighted by Gasteiger charge is -2.22. The Morgan fingerprint density at radius 2 is 2.09 bits per heavy atom. The fourth-order valence-electron chi connectivity index (χ4n) is 3.92. The van der Waals surface area contributed by atoms with Gasteiger partial charge < -0.3 is 20.1 Å². The first-order chi connectivity index (χ1) is 15.6. The molecule has 0 spiro atoms. The van der Waals surface area contributed by atoms with E-state index in [1.54, 1.807) is 12.1 Å². The van der Waals surface area contributed by atoms with Gasteiger partial charge in [-0.1, -0.05) is 11.6 Å². The van der Waals surface area contributed by atoms with Crippen molar-refractivity contribution in [2.75, 3.05) is 51.4 Å². The van der Waals surface area contributed by atoms with Crippen molar-refractivity contribution in [1.82, 2.24) is 15.3 Å². The van der Waals surface area contributed by atoms with E-state index in [0.29, 0.717) is 42.8 Å². The van der Waals surface area contributed by atoms with E-state index in [-0.39, 0.29) is 28.8 Å². The van der Waals surface area contributed by atoms with Crippen LogP contribution in [0.25, 0.3) is 11.3 Å². The summed E-state index contributed by atoms with van der Waals surface area (Å²) in [6.07, 6.45) is 3.57. The lowest BCUT2D eigenvalue weighted by Crippen LogP contribution is -2.30. The molecule has 0 bridgehead atoms. The molecule has 1 atom stereocenters. The van der Waals surface area contributed by atoms with Gasteiger partial charge in [0, 0.05) is 56.7 Å². The van der Waals surface area contributed by atoms with Gasteiger partial charge in [0.05, 0.1) is 24.2 Å². The summed E-state index contributed by atoms with van der Waals surface area (Å²) in [6, 6.07) is 4.65. The first-order valence-corrected chi connectivity index (χ1v) is 11.4. The molecule has 32 heavy (non-hydrogen) atoms. The van der Waals surface area contributed by atoms with E-state index in [1.807, 2.05) is 0 Å². The first kappa shape index (κ1) is 23.0. The molecule has 0 aromatic carbocycles. The van der Waals surface area contributed by atoms with Gasteiger partial charge in [0.15, 0.2) is 0 Å². The van der Waals surface area contributed by atoms with E-state index in [1.165, 1.54) is 12.3 Å². The van der Waals surface area contributed by atoms with Crippen molar-refractivity contribution < 1.29 is 18.7 Å². The molecule has 2 saturated heterocycles. The van der Waals surface area contributed by atoms with Crippen LogP contribution in [0, 0.1) is 17.7 Å². The van der Waals surface area contributed by atoms with E-state index in [4.69, 9.17) is 21.1 Å². The molecule has 2 aromatic heterocycles. The van der Waals surface area contributed by atoms with Gasteiger partial charge in [-0.05, 0) is 37.0 Å². The number of rotatable bonds is 7. The topological polar surface area (TPSA) is 85.4 Å². The third-order valence-electron chi connectivity index (χ3n) is 5.87. The number of aromatic nitrogens is 2. The number of carbonyl (C=O) groups is 1. The zero-order chi connectivity index (χ0) is 22.3. The Bertz CT molecular complexity index is 931. The highest BCUT2D eigenvalue weighted by Crippen LogP contribution is 2.30. The standard InChI is InChI=1S/C23H28ClFN4O3/c24-19-13-27-17(10-21(30)16-12-26-5-8-32-14-16)9-18(19)23-20(25)1-2-22(29-23)28-11-15-3-6-31-7-4-15/h1-2,9,13,15-16,26H,3-8,10-12,14H2,(H,28,29)/t16-/m0/s1. The Hall–Kier alpha value is -2.13. The summed E-state index contributed by atoms with van der Waals surface area (Å²) < 4.78 is 25.6. The molecule has 0 aliphatic carbocycles. The molecule has 2 N–H and O–H groups in total. The van der Waals surface area contributed by atoms with Crippen LogP contribution in [0.4, 0.5) is 10.2 Å². The number of hydrogen-bond donors (Lipinski definition) is 2. The highest BCUT2D eigenvalue weighted by atomic mass is 35.5. The molecule has 0 amide bonds. The van der Waals surface area contributed by atoms with E-state index in [9.17, 15) is 9.18 Å². The van der Waals surface area contributed by atoms with Crippen LogP contribution >= 0.6 is 11.6 Å². The number of carbonyl (C=O) groups excluding carboxylic acids is 1. The fourth-order valence-corrected chi connectivity index (χ4v) is 4.12. The zero-order valence-corrected chi connectivity index (χ0v) is 18.7. The second kappa shape index (κ2) is 11.1. The quantitative estimate of drug-likeness (QED) is 0.653. The van der Waals surface area contributed by atoms with Gasteiger partial charge in [0.1, 0.15) is 23.1 Å². The monoisotopic (exact) mass is 462 g/mol.